The average Bonchev–Trinajstić information content (AvgIpc) is 2.49. The lowest BCUT2D eigenvalue weighted by Gasteiger charge is -2.01. The fraction of sp³-hybridized carbons (Fsp3) is 0.444. The molecule has 0 N–H and O–H groups in total. The molecule has 2 heterocycles. The van der Waals surface area contributed by atoms with E-state index in [1.54, 1.807) is 6.07 Å². The Morgan fingerprint density at radius 3 is 2.93 bits per heavy atom. The summed E-state index contributed by atoms with van der Waals surface area (Å²) < 4.78 is 1.94. The van der Waals surface area contributed by atoms with Crippen LogP contribution in [0.1, 0.15) is 25.0 Å². The molecule has 0 aliphatic carbocycles. The van der Waals surface area contributed by atoms with Crippen LogP contribution in [-0.4, -0.2) is 19.6 Å². The van der Waals surface area contributed by atoms with Gasteiger partial charge in [-0.25, -0.2) is 4.98 Å². The Morgan fingerprint density at radius 2 is 2.21 bits per heavy atom. The van der Waals surface area contributed by atoms with Crippen LogP contribution in [-0.2, 0) is 6.42 Å². The fourth-order valence-corrected chi connectivity index (χ4v) is 1.73. The second-order valence-corrected chi connectivity index (χ2v) is 3.57. The molecular weight excluding hydrogens is 200 g/mol. The molecule has 0 radical (unpaired) electrons. The van der Waals surface area contributed by atoms with Gasteiger partial charge in [0.2, 0.25) is 0 Å². The summed E-state index contributed by atoms with van der Waals surface area (Å²) in [6.45, 7) is 4.02. The molecule has 5 heteroatoms. The van der Waals surface area contributed by atoms with Gasteiger partial charge in [0.15, 0.2) is 5.65 Å². The zero-order valence-corrected chi connectivity index (χ0v) is 8.91. The second kappa shape index (κ2) is 3.53. The van der Waals surface area contributed by atoms with Gasteiger partial charge in [-0.2, -0.15) is 0 Å². The number of halogens is 1. The summed E-state index contributed by atoms with van der Waals surface area (Å²) in [5, 5.41) is 8.61. The van der Waals surface area contributed by atoms with Gasteiger partial charge >= 0.3 is 0 Å². The van der Waals surface area contributed by atoms with Crippen molar-refractivity contribution in [1.82, 2.24) is 19.6 Å². The molecule has 0 amide bonds. The number of fused-ring (bicyclic) bond motifs is 1. The van der Waals surface area contributed by atoms with Crippen molar-refractivity contribution in [3.63, 3.8) is 0 Å². The van der Waals surface area contributed by atoms with E-state index >= 15 is 0 Å². The van der Waals surface area contributed by atoms with Gasteiger partial charge in [0.1, 0.15) is 16.8 Å². The molecule has 0 aliphatic heterocycles. The number of aryl methyl sites for hydroxylation is 2. The van der Waals surface area contributed by atoms with Gasteiger partial charge in [0.25, 0.3) is 0 Å². The van der Waals surface area contributed by atoms with Crippen LogP contribution in [0.4, 0.5) is 0 Å². The molecule has 74 valence electrons. The fourth-order valence-electron chi connectivity index (χ4n) is 1.51. The van der Waals surface area contributed by atoms with Crippen LogP contribution in [0.25, 0.3) is 5.65 Å². The molecule has 0 spiro atoms. The summed E-state index contributed by atoms with van der Waals surface area (Å²) in [5.41, 5.74) is 0.769. The highest BCUT2D eigenvalue weighted by atomic mass is 35.5. The minimum absolute atomic E-state index is 0.463. The number of rotatable bonds is 2. The molecule has 0 aromatic carbocycles. The molecule has 0 saturated carbocycles. The minimum Gasteiger partial charge on any atom is -0.267 e. The summed E-state index contributed by atoms with van der Waals surface area (Å²) in [5.74, 6) is 1.78. The molecule has 14 heavy (non-hydrogen) atoms. The van der Waals surface area contributed by atoms with E-state index < -0.39 is 0 Å². The molecule has 0 fully saturated rings. The minimum atomic E-state index is 0.463. The first-order valence-electron chi connectivity index (χ1n) is 4.59. The molecule has 2 rings (SSSR count). The van der Waals surface area contributed by atoms with Crippen LogP contribution in [0.2, 0.25) is 5.15 Å². The highest BCUT2D eigenvalue weighted by Crippen LogP contribution is 2.12. The third-order valence-electron chi connectivity index (χ3n) is 2.07. The summed E-state index contributed by atoms with van der Waals surface area (Å²) in [6.07, 6.45) is 1.95. The monoisotopic (exact) mass is 210 g/mol. The van der Waals surface area contributed by atoms with Crippen LogP contribution in [0.5, 0.6) is 0 Å². The first-order valence-corrected chi connectivity index (χ1v) is 4.97. The smallest absolute Gasteiger partial charge is 0.165 e. The third-order valence-corrected chi connectivity index (χ3v) is 2.26. The van der Waals surface area contributed by atoms with Crippen molar-refractivity contribution in [2.45, 2.75) is 26.7 Å². The van der Waals surface area contributed by atoms with E-state index in [1.807, 2.05) is 11.3 Å². The lowest BCUT2D eigenvalue weighted by Crippen LogP contribution is -2.00. The van der Waals surface area contributed by atoms with Crippen LogP contribution >= 0.6 is 11.6 Å². The number of hydrogen-bond acceptors (Lipinski definition) is 3. The Balaban J connectivity index is 2.66. The summed E-state index contributed by atoms with van der Waals surface area (Å²) in [4.78, 5) is 4.17. The Labute approximate surface area is 86.9 Å². The van der Waals surface area contributed by atoms with Crippen LogP contribution < -0.4 is 0 Å². The largest absolute Gasteiger partial charge is 0.267 e. The second-order valence-electron chi connectivity index (χ2n) is 3.19. The van der Waals surface area contributed by atoms with Gasteiger partial charge in [-0.1, -0.05) is 18.5 Å². The lowest BCUT2D eigenvalue weighted by molar-refractivity contribution is 0.798. The van der Waals surface area contributed by atoms with Gasteiger partial charge in [-0.05, 0) is 13.3 Å². The van der Waals surface area contributed by atoms with Gasteiger partial charge < -0.3 is 0 Å². The highest BCUT2D eigenvalue weighted by molar-refractivity contribution is 6.29. The van der Waals surface area contributed by atoms with Crippen molar-refractivity contribution in [3.8, 4) is 0 Å². The van der Waals surface area contributed by atoms with E-state index in [-0.39, 0.29) is 0 Å². The van der Waals surface area contributed by atoms with Crippen LogP contribution in [0.15, 0.2) is 6.07 Å². The van der Waals surface area contributed by atoms with E-state index in [9.17, 15) is 0 Å². The quantitative estimate of drug-likeness (QED) is 0.713. The average molecular weight is 211 g/mol. The van der Waals surface area contributed by atoms with E-state index in [4.69, 9.17) is 11.6 Å². The van der Waals surface area contributed by atoms with Gasteiger partial charge in [0, 0.05) is 12.5 Å². The van der Waals surface area contributed by atoms with Crippen molar-refractivity contribution in [3.05, 3.63) is 22.9 Å². The summed E-state index contributed by atoms with van der Waals surface area (Å²) >= 11 is 5.82. The van der Waals surface area contributed by atoms with Crippen molar-refractivity contribution in [2.24, 2.45) is 0 Å². The van der Waals surface area contributed by atoms with Crippen LogP contribution in [0.3, 0.4) is 0 Å². The molecule has 0 atom stereocenters. The predicted octanol–water partition coefficient (Wildman–Crippen LogP) is 2.04. The Kier molecular flexibility index (Phi) is 2.37. The molecule has 0 bridgehead atoms. The van der Waals surface area contributed by atoms with Gasteiger partial charge in [-0.3, -0.25) is 4.40 Å². The van der Waals surface area contributed by atoms with Crippen molar-refractivity contribution < 1.29 is 0 Å². The molecule has 0 saturated heterocycles. The van der Waals surface area contributed by atoms with Crippen molar-refractivity contribution >= 4 is 17.2 Å². The maximum absolute atomic E-state index is 5.82. The highest BCUT2D eigenvalue weighted by Gasteiger charge is 2.08. The molecular formula is C9H11ClN4. The van der Waals surface area contributed by atoms with Crippen molar-refractivity contribution in [2.75, 3.05) is 0 Å². The number of nitrogens with zero attached hydrogens (tertiary/aromatic N) is 4. The number of aromatic nitrogens is 4. The Hall–Kier alpha value is -1.16. The zero-order chi connectivity index (χ0) is 10.1. The van der Waals surface area contributed by atoms with Gasteiger partial charge in [-0.15, -0.1) is 10.2 Å². The summed E-state index contributed by atoms with van der Waals surface area (Å²) in [6, 6.07) is 1.72. The number of hydrogen-bond donors (Lipinski definition) is 0. The zero-order valence-electron chi connectivity index (χ0n) is 8.16. The molecule has 0 aliphatic rings. The van der Waals surface area contributed by atoms with Crippen molar-refractivity contribution in [1.29, 1.82) is 0 Å². The van der Waals surface area contributed by atoms with E-state index in [0.717, 1.165) is 30.1 Å². The maximum Gasteiger partial charge on any atom is 0.165 e. The van der Waals surface area contributed by atoms with E-state index in [0.29, 0.717) is 5.15 Å². The standard InChI is InChI=1S/C9H11ClN4/c1-3-4-8-12-13-9-5-7(10)11-6(2)14(8)9/h5H,3-4H2,1-2H3. The predicted molar refractivity (Wildman–Crippen MR) is 54.5 cm³/mol. The van der Waals surface area contributed by atoms with Gasteiger partial charge in [0.05, 0.1) is 0 Å². The Morgan fingerprint density at radius 1 is 1.43 bits per heavy atom. The Bertz CT molecular complexity index is 463. The van der Waals surface area contributed by atoms with Crippen LogP contribution in [0, 0.1) is 6.92 Å². The third kappa shape index (κ3) is 1.46. The SMILES string of the molecule is CCCc1nnc2cc(Cl)nc(C)n12. The molecule has 0 unspecified atom stereocenters. The van der Waals surface area contributed by atoms with E-state index in [2.05, 4.69) is 22.1 Å². The molecule has 4 nitrogen and oxygen atoms in total. The normalized spacial score (nSPS) is 11.1. The topological polar surface area (TPSA) is 43.1 Å². The van der Waals surface area contributed by atoms with E-state index in [1.165, 1.54) is 0 Å². The lowest BCUT2D eigenvalue weighted by atomic mass is 10.3. The maximum atomic E-state index is 5.82. The summed E-state index contributed by atoms with van der Waals surface area (Å²) in [7, 11) is 0. The molecule has 2 aromatic heterocycles. The molecule has 2 aromatic rings. The first kappa shape index (κ1) is 9.40. The first-order chi connectivity index (χ1) is 6.72.